The first kappa shape index (κ1) is 10.9. The molecular weight excluding hydrogens is 196 g/mol. The second-order valence-corrected chi connectivity index (χ2v) is 3.00. The van der Waals surface area contributed by atoms with Crippen LogP contribution in [0.5, 0.6) is 0 Å². The minimum atomic E-state index is 0.739. The highest BCUT2D eigenvalue weighted by Crippen LogP contribution is 2.21. The van der Waals surface area contributed by atoms with Gasteiger partial charge >= 0.3 is 0 Å². The maximum Gasteiger partial charge on any atom is 0.0930 e. The Hall–Kier alpha value is -1.15. The van der Waals surface area contributed by atoms with Crippen LogP contribution in [-0.4, -0.2) is 9.97 Å². The number of nitrogens with zero attached hydrogens (tertiary/aromatic N) is 2. The summed E-state index contributed by atoms with van der Waals surface area (Å²) >= 11 is 5.92. The molecule has 0 bridgehead atoms. The molecule has 0 fully saturated rings. The zero-order valence-corrected chi connectivity index (χ0v) is 9.34. The Morgan fingerprint density at radius 3 is 2.43 bits per heavy atom. The number of halogens is 1. The maximum atomic E-state index is 5.92. The van der Waals surface area contributed by atoms with E-state index in [0.29, 0.717) is 0 Å². The molecular formula is C11H13ClN2. The van der Waals surface area contributed by atoms with Crippen molar-refractivity contribution in [3.63, 3.8) is 0 Å². The zero-order chi connectivity index (χ0) is 10.6. The number of fused-ring (bicyclic) bond motifs is 1. The lowest BCUT2D eigenvalue weighted by Crippen LogP contribution is -1.85. The molecule has 14 heavy (non-hydrogen) atoms. The van der Waals surface area contributed by atoms with E-state index in [0.717, 1.165) is 21.6 Å². The molecule has 1 heterocycles. The van der Waals surface area contributed by atoms with Crippen molar-refractivity contribution in [1.29, 1.82) is 0 Å². The van der Waals surface area contributed by atoms with E-state index in [4.69, 9.17) is 11.6 Å². The molecule has 2 rings (SSSR count). The van der Waals surface area contributed by atoms with Crippen LogP contribution in [-0.2, 0) is 0 Å². The molecule has 2 aromatic rings. The molecule has 74 valence electrons. The SMILES string of the molecule is CC.Cc1c(Cl)ccc2nccnc12. The van der Waals surface area contributed by atoms with Crippen molar-refractivity contribution in [2.45, 2.75) is 20.8 Å². The van der Waals surface area contributed by atoms with E-state index in [1.165, 1.54) is 0 Å². The van der Waals surface area contributed by atoms with E-state index >= 15 is 0 Å². The van der Waals surface area contributed by atoms with Crippen molar-refractivity contribution in [1.82, 2.24) is 9.97 Å². The summed E-state index contributed by atoms with van der Waals surface area (Å²) in [6.45, 7) is 5.94. The summed E-state index contributed by atoms with van der Waals surface area (Å²) in [5.74, 6) is 0. The fourth-order valence-electron chi connectivity index (χ4n) is 1.15. The Kier molecular flexibility index (Phi) is 3.84. The summed E-state index contributed by atoms with van der Waals surface area (Å²) in [6, 6.07) is 3.71. The van der Waals surface area contributed by atoms with E-state index in [1.54, 1.807) is 12.4 Å². The highest BCUT2D eigenvalue weighted by atomic mass is 35.5. The topological polar surface area (TPSA) is 25.8 Å². The lowest BCUT2D eigenvalue weighted by Gasteiger charge is -2.00. The fourth-order valence-corrected chi connectivity index (χ4v) is 1.30. The zero-order valence-electron chi connectivity index (χ0n) is 8.58. The molecule has 0 saturated carbocycles. The van der Waals surface area contributed by atoms with Gasteiger partial charge in [-0.3, -0.25) is 9.97 Å². The number of aromatic nitrogens is 2. The van der Waals surface area contributed by atoms with Crippen LogP contribution in [0.1, 0.15) is 19.4 Å². The first-order valence-corrected chi connectivity index (χ1v) is 5.02. The van der Waals surface area contributed by atoms with Crippen molar-refractivity contribution >= 4 is 22.6 Å². The molecule has 0 spiro atoms. The molecule has 0 radical (unpaired) electrons. The Morgan fingerprint density at radius 2 is 1.71 bits per heavy atom. The fraction of sp³-hybridized carbons (Fsp3) is 0.273. The Bertz CT molecular complexity index is 427. The largest absolute Gasteiger partial charge is 0.253 e. The van der Waals surface area contributed by atoms with Crippen LogP contribution in [0.3, 0.4) is 0 Å². The molecule has 1 aromatic carbocycles. The normalized spacial score (nSPS) is 9.43. The summed E-state index contributed by atoms with van der Waals surface area (Å²) in [5.41, 5.74) is 2.76. The van der Waals surface area contributed by atoms with Crippen molar-refractivity contribution in [3.8, 4) is 0 Å². The van der Waals surface area contributed by atoms with E-state index in [9.17, 15) is 0 Å². The van der Waals surface area contributed by atoms with Gasteiger partial charge in [-0.1, -0.05) is 25.4 Å². The van der Waals surface area contributed by atoms with Gasteiger partial charge in [-0.2, -0.15) is 0 Å². The number of rotatable bonds is 0. The molecule has 3 heteroatoms. The van der Waals surface area contributed by atoms with Crippen molar-refractivity contribution in [3.05, 3.63) is 35.1 Å². The van der Waals surface area contributed by atoms with Gasteiger partial charge in [0.1, 0.15) is 0 Å². The van der Waals surface area contributed by atoms with Gasteiger partial charge in [0, 0.05) is 17.4 Å². The number of benzene rings is 1. The summed E-state index contributed by atoms with van der Waals surface area (Å²) in [7, 11) is 0. The van der Waals surface area contributed by atoms with Gasteiger partial charge < -0.3 is 0 Å². The van der Waals surface area contributed by atoms with Crippen molar-refractivity contribution in [2.75, 3.05) is 0 Å². The van der Waals surface area contributed by atoms with Gasteiger partial charge in [0.05, 0.1) is 11.0 Å². The van der Waals surface area contributed by atoms with E-state index < -0.39 is 0 Å². The van der Waals surface area contributed by atoms with Gasteiger partial charge in [0.25, 0.3) is 0 Å². The summed E-state index contributed by atoms with van der Waals surface area (Å²) in [5, 5.41) is 0.739. The third-order valence-electron chi connectivity index (χ3n) is 1.83. The van der Waals surface area contributed by atoms with Crippen LogP contribution < -0.4 is 0 Å². The Labute approximate surface area is 89.0 Å². The van der Waals surface area contributed by atoms with Crippen LogP contribution in [0.2, 0.25) is 5.02 Å². The smallest absolute Gasteiger partial charge is 0.0930 e. The average Bonchev–Trinajstić information content (AvgIpc) is 2.27. The Morgan fingerprint density at radius 1 is 1.07 bits per heavy atom. The second-order valence-electron chi connectivity index (χ2n) is 2.60. The number of hydrogen-bond acceptors (Lipinski definition) is 2. The van der Waals surface area contributed by atoms with Crippen LogP contribution in [0, 0.1) is 6.92 Å². The van der Waals surface area contributed by atoms with Crippen LogP contribution in [0.25, 0.3) is 11.0 Å². The lowest BCUT2D eigenvalue weighted by atomic mass is 10.2. The van der Waals surface area contributed by atoms with Gasteiger partial charge in [0.15, 0.2) is 0 Å². The summed E-state index contributed by atoms with van der Waals surface area (Å²) in [4.78, 5) is 8.36. The van der Waals surface area contributed by atoms with E-state index in [1.807, 2.05) is 32.9 Å². The molecule has 2 nitrogen and oxygen atoms in total. The van der Waals surface area contributed by atoms with Gasteiger partial charge in [-0.15, -0.1) is 0 Å². The van der Waals surface area contributed by atoms with Crippen molar-refractivity contribution in [2.24, 2.45) is 0 Å². The van der Waals surface area contributed by atoms with Crippen LogP contribution in [0.15, 0.2) is 24.5 Å². The number of aryl methyl sites for hydroxylation is 1. The lowest BCUT2D eigenvalue weighted by molar-refractivity contribution is 1.27. The predicted molar refractivity (Wildman–Crippen MR) is 60.6 cm³/mol. The molecule has 0 aliphatic heterocycles. The first-order valence-electron chi connectivity index (χ1n) is 4.65. The molecule has 1 aromatic heterocycles. The average molecular weight is 209 g/mol. The standard InChI is InChI=1S/C9H7ClN2.C2H6/c1-6-7(10)2-3-8-9(6)12-5-4-11-8;1-2/h2-5H,1H3;1-2H3. The van der Waals surface area contributed by atoms with E-state index in [2.05, 4.69) is 9.97 Å². The van der Waals surface area contributed by atoms with Crippen molar-refractivity contribution < 1.29 is 0 Å². The van der Waals surface area contributed by atoms with Gasteiger partial charge in [0.2, 0.25) is 0 Å². The van der Waals surface area contributed by atoms with E-state index in [-0.39, 0.29) is 0 Å². The number of hydrogen-bond donors (Lipinski definition) is 0. The quantitative estimate of drug-likeness (QED) is 0.661. The monoisotopic (exact) mass is 208 g/mol. The molecule has 0 amide bonds. The molecule has 0 aliphatic carbocycles. The minimum absolute atomic E-state index is 0.739. The third-order valence-corrected chi connectivity index (χ3v) is 2.24. The second kappa shape index (κ2) is 4.91. The molecule has 0 aliphatic rings. The van der Waals surface area contributed by atoms with Crippen LogP contribution in [0.4, 0.5) is 0 Å². The first-order chi connectivity index (χ1) is 6.79. The summed E-state index contributed by atoms with van der Waals surface area (Å²) in [6.07, 6.45) is 3.35. The summed E-state index contributed by atoms with van der Waals surface area (Å²) < 4.78 is 0. The highest BCUT2D eigenvalue weighted by molar-refractivity contribution is 6.32. The maximum absolute atomic E-state index is 5.92. The Balaban J connectivity index is 0.000000461. The molecule has 0 unspecified atom stereocenters. The highest BCUT2D eigenvalue weighted by Gasteiger charge is 2.01. The van der Waals surface area contributed by atoms with Crippen LogP contribution >= 0.6 is 11.6 Å². The van der Waals surface area contributed by atoms with Gasteiger partial charge in [-0.25, -0.2) is 0 Å². The molecule has 0 N–H and O–H groups in total. The minimum Gasteiger partial charge on any atom is -0.253 e. The van der Waals surface area contributed by atoms with Gasteiger partial charge in [-0.05, 0) is 24.6 Å². The predicted octanol–water partition coefficient (Wildman–Crippen LogP) is 3.62. The molecule has 0 atom stereocenters. The molecule has 0 saturated heterocycles. The third kappa shape index (κ3) is 2.02.